The third-order valence-electron chi connectivity index (χ3n) is 3.31. The van der Waals surface area contributed by atoms with E-state index in [4.69, 9.17) is 27.9 Å². The highest BCUT2D eigenvalue weighted by Crippen LogP contribution is 2.43. The van der Waals surface area contributed by atoms with Gasteiger partial charge in [-0.1, -0.05) is 31.5 Å². The molecule has 0 aromatic heterocycles. The smallest absolute Gasteiger partial charge is 0.126 e. The van der Waals surface area contributed by atoms with Gasteiger partial charge in [-0.15, -0.1) is 11.6 Å². The Bertz CT molecular complexity index is 477. The molecule has 1 aromatic carbocycles. The van der Waals surface area contributed by atoms with Crippen molar-refractivity contribution in [1.82, 2.24) is 0 Å². The van der Waals surface area contributed by atoms with Gasteiger partial charge in [-0.3, -0.25) is 0 Å². The molecule has 1 aromatic rings. The third-order valence-corrected chi connectivity index (χ3v) is 3.82. The minimum atomic E-state index is 0.0763. The molecule has 1 unspecified atom stereocenters. The minimum Gasteiger partial charge on any atom is -0.496 e. The summed E-state index contributed by atoms with van der Waals surface area (Å²) in [4.78, 5) is 0. The molecule has 0 aliphatic heterocycles. The normalized spacial score (nSPS) is 22.5. The summed E-state index contributed by atoms with van der Waals surface area (Å²) in [5.41, 5.74) is 2.50. The molecule has 0 spiro atoms. The minimum absolute atomic E-state index is 0.0763. The van der Waals surface area contributed by atoms with Crippen LogP contribution in [0.25, 0.3) is 5.57 Å². The van der Waals surface area contributed by atoms with Crippen molar-refractivity contribution in [1.29, 1.82) is 0 Å². The summed E-state index contributed by atoms with van der Waals surface area (Å²) in [7, 11) is 1.68. The number of ether oxygens (including phenoxy) is 1. The van der Waals surface area contributed by atoms with Crippen LogP contribution in [0.2, 0.25) is 5.02 Å². The number of hydrogen-bond acceptors (Lipinski definition) is 1. The molecule has 0 fully saturated rings. The average molecular weight is 285 g/mol. The number of benzene rings is 1. The van der Waals surface area contributed by atoms with Gasteiger partial charge in [0.25, 0.3) is 0 Å². The van der Waals surface area contributed by atoms with Crippen LogP contribution in [-0.2, 0) is 0 Å². The molecule has 1 atom stereocenters. The first kappa shape index (κ1) is 13.8. The molecule has 18 heavy (non-hydrogen) atoms. The van der Waals surface area contributed by atoms with Crippen LogP contribution in [0.5, 0.6) is 5.75 Å². The van der Waals surface area contributed by atoms with Crippen LogP contribution in [-0.4, -0.2) is 12.5 Å². The predicted octanol–water partition coefficient (Wildman–Crippen LogP) is 5.16. The Morgan fingerprint density at radius 3 is 2.67 bits per heavy atom. The monoisotopic (exact) mass is 284 g/mol. The van der Waals surface area contributed by atoms with Gasteiger partial charge in [0.05, 0.1) is 12.5 Å². The summed E-state index contributed by atoms with van der Waals surface area (Å²) < 4.78 is 5.41. The van der Waals surface area contributed by atoms with E-state index < -0.39 is 0 Å². The standard InChI is InChI=1S/C15H18Cl2O/c1-15(2)8-10(6-12(17)9-15)13-7-11(16)4-5-14(13)18-3/h4-7,12H,8-9H2,1-3H3. The maximum absolute atomic E-state index is 6.33. The van der Waals surface area contributed by atoms with Crippen LogP contribution in [0.15, 0.2) is 24.3 Å². The molecule has 1 aliphatic rings. The zero-order valence-electron chi connectivity index (χ0n) is 11.0. The fraction of sp³-hybridized carbons (Fsp3) is 0.467. The molecule has 1 aliphatic carbocycles. The van der Waals surface area contributed by atoms with Crippen molar-refractivity contribution in [3.05, 3.63) is 34.9 Å². The van der Waals surface area contributed by atoms with Gasteiger partial charge in [-0.25, -0.2) is 0 Å². The summed E-state index contributed by atoms with van der Waals surface area (Å²) in [6.07, 6.45) is 4.12. The highest BCUT2D eigenvalue weighted by atomic mass is 35.5. The number of hydrogen-bond donors (Lipinski definition) is 0. The van der Waals surface area contributed by atoms with E-state index in [9.17, 15) is 0 Å². The van der Waals surface area contributed by atoms with Crippen molar-refractivity contribution in [3.63, 3.8) is 0 Å². The zero-order chi connectivity index (χ0) is 13.3. The maximum Gasteiger partial charge on any atom is 0.126 e. The molecule has 0 saturated heterocycles. The highest BCUT2D eigenvalue weighted by molar-refractivity contribution is 6.30. The molecule has 1 nitrogen and oxygen atoms in total. The van der Waals surface area contributed by atoms with Gasteiger partial charge < -0.3 is 4.74 Å². The third kappa shape index (κ3) is 3.02. The molecular formula is C15H18Cl2O. The molecule has 0 bridgehead atoms. The lowest BCUT2D eigenvalue weighted by molar-refractivity contribution is 0.339. The first-order valence-corrected chi connectivity index (χ1v) is 6.91. The topological polar surface area (TPSA) is 9.23 Å². The van der Waals surface area contributed by atoms with Gasteiger partial charge in [0.1, 0.15) is 5.75 Å². The first-order chi connectivity index (χ1) is 8.41. The zero-order valence-corrected chi connectivity index (χ0v) is 12.5. The molecule has 0 N–H and O–H groups in total. The van der Waals surface area contributed by atoms with Crippen LogP contribution in [0.4, 0.5) is 0 Å². The molecule has 3 heteroatoms. The van der Waals surface area contributed by atoms with E-state index in [1.54, 1.807) is 7.11 Å². The first-order valence-electron chi connectivity index (χ1n) is 6.10. The lowest BCUT2D eigenvalue weighted by Gasteiger charge is -2.33. The van der Waals surface area contributed by atoms with Crippen molar-refractivity contribution in [3.8, 4) is 5.75 Å². The second-order valence-corrected chi connectivity index (χ2v) is 6.59. The number of allylic oxidation sites excluding steroid dienone is 2. The van der Waals surface area contributed by atoms with Crippen LogP contribution in [0.1, 0.15) is 32.3 Å². The van der Waals surface area contributed by atoms with Crippen LogP contribution >= 0.6 is 23.2 Å². The van der Waals surface area contributed by atoms with Crippen molar-refractivity contribution < 1.29 is 4.74 Å². The highest BCUT2D eigenvalue weighted by Gasteiger charge is 2.29. The van der Waals surface area contributed by atoms with E-state index in [1.165, 1.54) is 5.57 Å². The van der Waals surface area contributed by atoms with Gasteiger partial charge >= 0.3 is 0 Å². The Morgan fingerprint density at radius 1 is 1.33 bits per heavy atom. The molecule has 0 heterocycles. The number of rotatable bonds is 2. The van der Waals surface area contributed by atoms with E-state index in [0.717, 1.165) is 29.2 Å². The molecular weight excluding hydrogens is 267 g/mol. The number of alkyl halides is 1. The van der Waals surface area contributed by atoms with Crippen LogP contribution in [0.3, 0.4) is 0 Å². The van der Waals surface area contributed by atoms with E-state index in [2.05, 4.69) is 19.9 Å². The average Bonchev–Trinajstić information content (AvgIpc) is 2.26. The maximum atomic E-state index is 6.33. The van der Waals surface area contributed by atoms with Gasteiger partial charge in [0.2, 0.25) is 0 Å². The van der Waals surface area contributed by atoms with E-state index in [-0.39, 0.29) is 10.8 Å². The molecule has 0 radical (unpaired) electrons. The van der Waals surface area contributed by atoms with E-state index in [0.29, 0.717) is 0 Å². The lowest BCUT2D eigenvalue weighted by Crippen LogP contribution is -2.21. The van der Waals surface area contributed by atoms with Gasteiger partial charge in [0.15, 0.2) is 0 Å². The summed E-state index contributed by atoms with van der Waals surface area (Å²) in [6.45, 7) is 4.48. The SMILES string of the molecule is COc1ccc(Cl)cc1C1=CC(Cl)CC(C)(C)C1. The lowest BCUT2D eigenvalue weighted by atomic mass is 9.75. The summed E-state index contributed by atoms with van der Waals surface area (Å²) in [5, 5.41) is 0.800. The Hall–Kier alpha value is -0.660. The van der Waals surface area contributed by atoms with Crippen molar-refractivity contribution >= 4 is 28.8 Å². The van der Waals surface area contributed by atoms with Crippen molar-refractivity contribution in [2.45, 2.75) is 32.1 Å². The second kappa shape index (κ2) is 5.14. The Morgan fingerprint density at radius 2 is 2.06 bits per heavy atom. The molecule has 2 rings (SSSR count). The van der Waals surface area contributed by atoms with E-state index in [1.807, 2.05) is 18.2 Å². The summed E-state index contributed by atoms with van der Waals surface area (Å²) in [6, 6.07) is 5.71. The van der Waals surface area contributed by atoms with Gasteiger partial charge in [-0.05, 0) is 42.0 Å². The van der Waals surface area contributed by atoms with Crippen LogP contribution in [0, 0.1) is 5.41 Å². The van der Waals surface area contributed by atoms with Gasteiger partial charge in [-0.2, -0.15) is 0 Å². The Balaban J connectivity index is 2.45. The van der Waals surface area contributed by atoms with Crippen molar-refractivity contribution in [2.75, 3.05) is 7.11 Å². The Labute approximate surface area is 119 Å². The van der Waals surface area contributed by atoms with Crippen molar-refractivity contribution in [2.24, 2.45) is 5.41 Å². The largest absolute Gasteiger partial charge is 0.496 e. The fourth-order valence-electron chi connectivity index (χ4n) is 2.57. The van der Waals surface area contributed by atoms with E-state index >= 15 is 0 Å². The quantitative estimate of drug-likeness (QED) is 0.682. The second-order valence-electron chi connectivity index (χ2n) is 5.60. The fourth-order valence-corrected chi connectivity index (χ4v) is 3.31. The summed E-state index contributed by atoms with van der Waals surface area (Å²) >= 11 is 12.4. The predicted molar refractivity (Wildman–Crippen MR) is 78.6 cm³/mol. The van der Waals surface area contributed by atoms with Gasteiger partial charge in [0, 0.05) is 10.6 Å². The molecule has 0 amide bonds. The number of methoxy groups -OCH3 is 1. The molecule has 98 valence electrons. The number of halogens is 2. The van der Waals surface area contributed by atoms with Crippen LogP contribution < -0.4 is 4.74 Å². The summed E-state index contributed by atoms with van der Waals surface area (Å²) in [5.74, 6) is 0.854. The molecule has 0 saturated carbocycles. The Kier molecular flexibility index (Phi) is 3.93.